The highest BCUT2D eigenvalue weighted by Crippen LogP contribution is 2.18. The van der Waals surface area contributed by atoms with Crippen LogP contribution in [0.1, 0.15) is 5.69 Å². The van der Waals surface area contributed by atoms with Crippen molar-refractivity contribution in [2.45, 2.75) is 11.4 Å². The number of rotatable bonds is 5. The van der Waals surface area contributed by atoms with E-state index in [9.17, 15) is 8.42 Å². The van der Waals surface area contributed by atoms with Crippen molar-refractivity contribution in [2.24, 2.45) is 0 Å². The van der Waals surface area contributed by atoms with E-state index in [1.807, 2.05) is 24.3 Å². The second-order valence-electron chi connectivity index (χ2n) is 4.62. The van der Waals surface area contributed by atoms with Crippen LogP contribution >= 0.6 is 15.9 Å². The average molecular weight is 370 g/mol. The van der Waals surface area contributed by atoms with Crippen LogP contribution in [0.3, 0.4) is 0 Å². The molecule has 0 spiro atoms. The van der Waals surface area contributed by atoms with Crippen molar-refractivity contribution in [3.63, 3.8) is 0 Å². The minimum atomic E-state index is -3.42. The lowest BCUT2D eigenvalue weighted by atomic mass is 10.3. The third-order valence-electron chi connectivity index (χ3n) is 2.86. The van der Waals surface area contributed by atoms with E-state index in [4.69, 9.17) is 0 Å². The number of halogens is 1. The molecule has 0 saturated carbocycles. The molecule has 1 N–H and O–H groups in total. The van der Waals surface area contributed by atoms with E-state index < -0.39 is 10.0 Å². The van der Waals surface area contributed by atoms with Gasteiger partial charge in [0.1, 0.15) is 4.60 Å². The molecule has 2 aromatic rings. The molecule has 1 aromatic heterocycles. The summed E-state index contributed by atoms with van der Waals surface area (Å²) in [6, 6.07) is 12.4. The van der Waals surface area contributed by atoms with Gasteiger partial charge in [-0.25, -0.2) is 17.7 Å². The Morgan fingerprint density at radius 2 is 1.90 bits per heavy atom. The van der Waals surface area contributed by atoms with E-state index in [0.29, 0.717) is 6.54 Å². The van der Waals surface area contributed by atoms with Gasteiger partial charge in [-0.2, -0.15) is 0 Å². The van der Waals surface area contributed by atoms with E-state index in [1.165, 1.54) is 18.4 Å². The molecule has 0 fully saturated rings. The Bertz CT molecular complexity index is 733. The monoisotopic (exact) mass is 369 g/mol. The molecular formula is C14H16BrN3O2S. The zero-order chi connectivity index (χ0) is 15.5. The third kappa shape index (κ3) is 4.03. The number of anilines is 1. The minimum Gasteiger partial charge on any atom is -0.379 e. The van der Waals surface area contributed by atoms with Crippen LogP contribution in [0.5, 0.6) is 0 Å². The average Bonchev–Trinajstić information content (AvgIpc) is 2.45. The number of pyridine rings is 1. The molecule has 0 aliphatic rings. The lowest BCUT2D eigenvalue weighted by Gasteiger charge is -2.13. The van der Waals surface area contributed by atoms with E-state index >= 15 is 0 Å². The zero-order valence-corrected chi connectivity index (χ0v) is 14.1. The van der Waals surface area contributed by atoms with Gasteiger partial charge in [0, 0.05) is 19.8 Å². The van der Waals surface area contributed by atoms with E-state index in [0.717, 1.165) is 16.0 Å². The summed E-state index contributed by atoms with van der Waals surface area (Å²) in [4.78, 5) is 4.58. The first-order valence-corrected chi connectivity index (χ1v) is 8.51. The van der Waals surface area contributed by atoms with Crippen LogP contribution in [0.2, 0.25) is 0 Å². The Morgan fingerprint density at radius 3 is 2.57 bits per heavy atom. The van der Waals surface area contributed by atoms with E-state index in [1.54, 1.807) is 18.2 Å². The highest BCUT2D eigenvalue weighted by molar-refractivity contribution is 9.10. The second kappa shape index (κ2) is 6.55. The van der Waals surface area contributed by atoms with Gasteiger partial charge in [0.2, 0.25) is 10.0 Å². The van der Waals surface area contributed by atoms with Gasteiger partial charge in [-0.05, 0) is 46.3 Å². The molecule has 0 amide bonds. The van der Waals surface area contributed by atoms with Crippen LogP contribution in [0.4, 0.5) is 5.69 Å². The largest absolute Gasteiger partial charge is 0.379 e. The molecule has 7 heteroatoms. The molecular weight excluding hydrogens is 354 g/mol. The Balaban J connectivity index is 2.15. The predicted molar refractivity (Wildman–Crippen MR) is 86.6 cm³/mol. The first kappa shape index (κ1) is 15.9. The Labute approximate surface area is 133 Å². The molecule has 0 unspecified atom stereocenters. The van der Waals surface area contributed by atoms with Crippen molar-refractivity contribution in [1.82, 2.24) is 9.29 Å². The molecule has 0 radical (unpaired) electrons. The number of hydrogen-bond acceptors (Lipinski definition) is 4. The fraction of sp³-hybridized carbons (Fsp3) is 0.214. The highest BCUT2D eigenvalue weighted by Gasteiger charge is 2.17. The quantitative estimate of drug-likeness (QED) is 0.823. The standard InChI is InChI=1S/C14H16BrN3O2S/c1-18(2)21(19,20)13-7-3-5-11(9-13)16-10-12-6-4-8-14(15)17-12/h3-9,16H,10H2,1-2H3. The van der Waals surface area contributed by atoms with Gasteiger partial charge in [0.25, 0.3) is 0 Å². The van der Waals surface area contributed by atoms with Gasteiger partial charge >= 0.3 is 0 Å². The molecule has 21 heavy (non-hydrogen) atoms. The zero-order valence-electron chi connectivity index (χ0n) is 11.7. The number of sulfonamides is 1. The molecule has 0 aliphatic carbocycles. The van der Waals surface area contributed by atoms with Crippen molar-refractivity contribution in [2.75, 3.05) is 19.4 Å². The fourth-order valence-corrected chi connectivity index (χ4v) is 3.05. The molecule has 112 valence electrons. The second-order valence-corrected chi connectivity index (χ2v) is 7.58. The smallest absolute Gasteiger partial charge is 0.242 e. The summed E-state index contributed by atoms with van der Waals surface area (Å²) in [7, 11) is -0.389. The number of nitrogens with one attached hydrogen (secondary N) is 1. The minimum absolute atomic E-state index is 0.264. The Morgan fingerprint density at radius 1 is 1.19 bits per heavy atom. The summed E-state index contributed by atoms with van der Waals surface area (Å²) >= 11 is 3.32. The molecule has 0 saturated heterocycles. The maximum absolute atomic E-state index is 12.1. The van der Waals surface area contributed by atoms with Crippen molar-refractivity contribution in [1.29, 1.82) is 0 Å². The van der Waals surface area contributed by atoms with Gasteiger partial charge in [-0.3, -0.25) is 0 Å². The van der Waals surface area contributed by atoms with Gasteiger partial charge in [-0.15, -0.1) is 0 Å². The van der Waals surface area contributed by atoms with E-state index in [-0.39, 0.29) is 4.90 Å². The lowest BCUT2D eigenvalue weighted by molar-refractivity contribution is 0.521. The van der Waals surface area contributed by atoms with Crippen LogP contribution < -0.4 is 5.32 Å². The van der Waals surface area contributed by atoms with Crippen LogP contribution in [0, 0.1) is 0 Å². The summed E-state index contributed by atoms with van der Waals surface area (Å²) in [6.07, 6.45) is 0. The van der Waals surface area contributed by atoms with Crippen molar-refractivity contribution in [3.8, 4) is 0 Å². The number of nitrogens with zero attached hydrogens (tertiary/aromatic N) is 2. The summed E-state index contributed by atoms with van der Waals surface area (Å²) < 4.78 is 26.1. The van der Waals surface area contributed by atoms with Crippen LogP contribution in [-0.2, 0) is 16.6 Å². The number of aromatic nitrogens is 1. The number of hydrogen-bond donors (Lipinski definition) is 1. The summed E-state index contributed by atoms with van der Waals surface area (Å²) in [5.41, 5.74) is 1.60. The van der Waals surface area contributed by atoms with Crippen molar-refractivity contribution in [3.05, 3.63) is 52.8 Å². The van der Waals surface area contributed by atoms with Gasteiger partial charge in [0.05, 0.1) is 17.1 Å². The van der Waals surface area contributed by atoms with Gasteiger partial charge in [0.15, 0.2) is 0 Å². The first-order valence-electron chi connectivity index (χ1n) is 6.27. The van der Waals surface area contributed by atoms with E-state index in [2.05, 4.69) is 26.2 Å². The molecule has 2 rings (SSSR count). The molecule has 0 aliphatic heterocycles. The Kier molecular flexibility index (Phi) is 4.97. The lowest BCUT2D eigenvalue weighted by Crippen LogP contribution is -2.22. The van der Waals surface area contributed by atoms with Crippen LogP contribution in [-0.4, -0.2) is 31.8 Å². The SMILES string of the molecule is CN(C)S(=O)(=O)c1cccc(NCc2cccc(Br)n2)c1. The molecule has 0 atom stereocenters. The molecule has 1 aromatic carbocycles. The molecule has 0 bridgehead atoms. The maximum Gasteiger partial charge on any atom is 0.242 e. The summed E-state index contributed by atoms with van der Waals surface area (Å²) in [5.74, 6) is 0. The van der Waals surface area contributed by atoms with Gasteiger partial charge < -0.3 is 5.32 Å². The normalized spacial score (nSPS) is 11.6. The number of benzene rings is 1. The maximum atomic E-state index is 12.1. The topological polar surface area (TPSA) is 62.3 Å². The Hall–Kier alpha value is -1.44. The first-order chi connectivity index (χ1) is 9.89. The summed E-state index contributed by atoms with van der Waals surface area (Å²) in [5, 5.41) is 3.17. The highest BCUT2D eigenvalue weighted by atomic mass is 79.9. The van der Waals surface area contributed by atoms with Gasteiger partial charge in [-0.1, -0.05) is 12.1 Å². The van der Waals surface area contributed by atoms with Crippen LogP contribution in [0.25, 0.3) is 0 Å². The third-order valence-corrected chi connectivity index (χ3v) is 5.11. The van der Waals surface area contributed by atoms with Crippen LogP contribution in [0.15, 0.2) is 52.0 Å². The summed E-state index contributed by atoms with van der Waals surface area (Å²) in [6.45, 7) is 0.519. The van der Waals surface area contributed by atoms with Crippen molar-refractivity contribution < 1.29 is 8.42 Å². The van der Waals surface area contributed by atoms with Crippen molar-refractivity contribution >= 4 is 31.6 Å². The fourth-order valence-electron chi connectivity index (χ4n) is 1.72. The molecule has 5 nitrogen and oxygen atoms in total. The molecule has 1 heterocycles. The predicted octanol–water partition coefficient (Wildman–Crippen LogP) is 2.71.